The molecule has 0 unspecified atom stereocenters. The van der Waals surface area contributed by atoms with Crippen LogP contribution in [0.4, 0.5) is 18.9 Å². The summed E-state index contributed by atoms with van der Waals surface area (Å²) in [6, 6.07) is 1.07. The summed E-state index contributed by atoms with van der Waals surface area (Å²) in [5, 5.41) is 0. The van der Waals surface area contributed by atoms with E-state index < -0.39 is 17.6 Å². The molecule has 0 atom stereocenters. The molecule has 1 heterocycles. The topological polar surface area (TPSA) is 48.1 Å². The summed E-state index contributed by atoms with van der Waals surface area (Å²) in [4.78, 5) is 3.40. The molecule has 0 bridgehead atoms. The average Bonchev–Trinajstić information content (AvgIpc) is 2.01. The molecule has 6 heteroatoms. The third-order valence-corrected chi connectivity index (χ3v) is 1.43. The zero-order chi connectivity index (χ0) is 10.1. The zero-order valence-electron chi connectivity index (χ0n) is 6.72. The number of nitrogen functional groups attached to an aromatic ring is 1. The summed E-state index contributed by atoms with van der Waals surface area (Å²) in [5.74, 6) is -0.507. The number of methoxy groups -OCH3 is 1. The smallest absolute Gasteiger partial charge is 0.423 e. The van der Waals surface area contributed by atoms with E-state index in [1.165, 1.54) is 0 Å². The number of halogens is 3. The first-order chi connectivity index (χ1) is 5.96. The fourth-order valence-corrected chi connectivity index (χ4v) is 0.896. The number of pyridine rings is 1. The number of hydrogen-bond donors (Lipinski definition) is 1. The average molecular weight is 192 g/mol. The van der Waals surface area contributed by atoms with E-state index in [0.717, 1.165) is 19.4 Å². The molecule has 0 saturated carbocycles. The van der Waals surface area contributed by atoms with Crippen molar-refractivity contribution in [2.24, 2.45) is 0 Å². The molecule has 1 aromatic heterocycles. The zero-order valence-corrected chi connectivity index (χ0v) is 6.72. The molecule has 2 N–H and O–H groups in total. The Bertz CT molecular complexity index is 311. The van der Waals surface area contributed by atoms with Crippen molar-refractivity contribution in [3.05, 3.63) is 17.8 Å². The Balaban J connectivity index is 3.32. The van der Waals surface area contributed by atoms with Gasteiger partial charge >= 0.3 is 6.18 Å². The van der Waals surface area contributed by atoms with Gasteiger partial charge in [0.25, 0.3) is 0 Å². The van der Waals surface area contributed by atoms with Gasteiger partial charge in [-0.15, -0.1) is 0 Å². The molecule has 0 spiro atoms. The van der Waals surface area contributed by atoms with Gasteiger partial charge in [0, 0.05) is 6.20 Å². The Kier molecular flexibility index (Phi) is 2.31. The van der Waals surface area contributed by atoms with Gasteiger partial charge in [0.2, 0.25) is 5.88 Å². The van der Waals surface area contributed by atoms with Crippen LogP contribution in [0.5, 0.6) is 5.88 Å². The molecule has 0 radical (unpaired) electrons. The molecular weight excluding hydrogens is 185 g/mol. The molecule has 3 nitrogen and oxygen atoms in total. The molecule has 1 aromatic rings. The van der Waals surface area contributed by atoms with E-state index in [0.29, 0.717) is 0 Å². The number of nitrogens with zero attached hydrogens (tertiary/aromatic N) is 1. The normalized spacial score (nSPS) is 11.4. The highest BCUT2D eigenvalue weighted by Gasteiger charge is 2.37. The highest BCUT2D eigenvalue weighted by molar-refractivity contribution is 5.52. The monoisotopic (exact) mass is 192 g/mol. The number of ether oxygens (including phenoxy) is 1. The van der Waals surface area contributed by atoms with E-state index in [1.54, 1.807) is 0 Å². The van der Waals surface area contributed by atoms with Crippen molar-refractivity contribution < 1.29 is 17.9 Å². The molecule has 0 aliphatic heterocycles. The van der Waals surface area contributed by atoms with Crippen LogP contribution in [0.2, 0.25) is 0 Å². The predicted octanol–water partition coefficient (Wildman–Crippen LogP) is 1.69. The molecule has 1 rings (SSSR count). The van der Waals surface area contributed by atoms with E-state index in [4.69, 9.17) is 5.73 Å². The van der Waals surface area contributed by atoms with Gasteiger partial charge < -0.3 is 10.5 Å². The molecule has 72 valence electrons. The van der Waals surface area contributed by atoms with Crippen LogP contribution in [0.1, 0.15) is 5.56 Å². The Hall–Kier alpha value is -1.46. The van der Waals surface area contributed by atoms with E-state index in [1.807, 2.05) is 0 Å². The maximum atomic E-state index is 12.3. The Labute approximate surface area is 72.3 Å². The quantitative estimate of drug-likeness (QED) is 0.736. The number of hydrogen-bond acceptors (Lipinski definition) is 3. The Morgan fingerprint density at radius 3 is 2.46 bits per heavy atom. The van der Waals surface area contributed by atoms with Gasteiger partial charge in [-0.05, 0) is 6.07 Å². The molecule has 13 heavy (non-hydrogen) atoms. The van der Waals surface area contributed by atoms with Gasteiger partial charge in [0.05, 0.1) is 12.8 Å². The van der Waals surface area contributed by atoms with Gasteiger partial charge in [-0.1, -0.05) is 0 Å². The fourth-order valence-electron chi connectivity index (χ4n) is 0.896. The molecule has 0 aliphatic carbocycles. The summed E-state index contributed by atoms with van der Waals surface area (Å²) in [5.41, 5.74) is 3.72. The van der Waals surface area contributed by atoms with E-state index in [9.17, 15) is 13.2 Å². The third-order valence-electron chi connectivity index (χ3n) is 1.43. The lowest BCUT2D eigenvalue weighted by Gasteiger charge is -2.12. The van der Waals surface area contributed by atoms with E-state index >= 15 is 0 Å². The Morgan fingerprint density at radius 2 is 2.08 bits per heavy atom. The number of alkyl halides is 3. The van der Waals surface area contributed by atoms with Crippen molar-refractivity contribution in [2.75, 3.05) is 12.8 Å². The van der Waals surface area contributed by atoms with Crippen molar-refractivity contribution >= 4 is 5.69 Å². The maximum absolute atomic E-state index is 12.3. The van der Waals surface area contributed by atoms with Crippen LogP contribution in [-0.2, 0) is 6.18 Å². The van der Waals surface area contributed by atoms with Crippen LogP contribution in [-0.4, -0.2) is 12.1 Å². The molecule has 0 fully saturated rings. The molecule has 0 saturated heterocycles. The second-order valence-corrected chi connectivity index (χ2v) is 2.28. The van der Waals surface area contributed by atoms with Gasteiger partial charge in [0.1, 0.15) is 5.56 Å². The highest BCUT2D eigenvalue weighted by atomic mass is 19.4. The van der Waals surface area contributed by atoms with Crippen LogP contribution in [0.15, 0.2) is 12.3 Å². The first-order valence-electron chi connectivity index (χ1n) is 3.32. The van der Waals surface area contributed by atoms with E-state index in [2.05, 4.69) is 9.72 Å². The van der Waals surface area contributed by atoms with Crippen molar-refractivity contribution in [2.45, 2.75) is 6.18 Å². The van der Waals surface area contributed by atoms with Crippen molar-refractivity contribution in [1.29, 1.82) is 0 Å². The van der Waals surface area contributed by atoms with Crippen molar-refractivity contribution in [1.82, 2.24) is 4.98 Å². The lowest BCUT2D eigenvalue weighted by Crippen LogP contribution is -2.11. The Morgan fingerprint density at radius 1 is 1.46 bits per heavy atom. The van der Waals surface area contributed by atoms with Crippen LogP contribution in [0.3, 0.4) is 0 Å². The van der Waals surface area contributed by atoms with Crippen molar-refractivity contribution in [3.63, 3.8) is 0 Å². The number of rotatable bonds is 1. The minimum atomic E-state index is -4.54. The largest absolute Gasteiger partial charge is 0.481 e. The summed E-state index contributed by atoms with van der Waals surface area (Å²) in [7, 11) is 1.11. The second-order valence-electron chi connectivity index (χ2n) is 2.28. The minimum Gasteiger partial charge on any atom is -0.481 e. The SMILES string of the molecule is COc1nccc(N)c1C(F)(F)F. The molecule has 0 amide bonds. The van der Waals surface area contributed by atoms with Crippen LogP contribution in [0, 0.1) is 0 Å². The molecular formula is C7H7F3N2O. The maximum Gasteiger partial charge on any atom is 0.423 e. The van der Waals surface area contributed by atoms with Crippen molar-refractivity contribution in [3.8, 4) is 5.88 Å². The standard InChI is InChI=1S/C7H7F3N2O/c1-13-6-5(7(8,9)10)4(11)2-3-12-6/h2-3H,1H3,(H2,11,12). The lowest BCUT2D eigenvalue weighted by molar-refractivity contribution is -0.138. The third kappa shape index (κ3) is 1.82. The summed E-state index contributed by atoms with van der Waals surface area (Å²) in [6.45, 7) is 0. The highest BCUT2D eigenvalue weighted by Crippen LogP contribution is 2.38. The van der Waals surface area contributed by atoms with Gasteiger partial charge in [0.15, 0.2) is 0 Å². The number of nitrogens with two attached hydrogens (primary N) is 1. The molecule has 0 aromatic carbocycles. The summed E-state index contributed by atoms with van der Waals surface area (Å²) in [6.07, 6.45) is -3.38. The number of aromatic nitrogens is 1. The number of anilines is 1. The van der Waals surface area contributed by atoms with Gasteiger partial charge in [-0.3, -0.25) is 0 Å². The lowest BCUT2D eigenvalue weighted by atomic mass is 10.2. The second kappa shape index (κ2) is 3.12. The first-order valence-corrected chi connectivity index (χ1v) is 3.32. The fraction of sp³-hybridized carbons (Fsp3) is 0.286. The van der Waals surface area contributed by atoms with Crippen LogP contribution in [0.25, 0.3) is 0 Å². The van der Waals surface area contributed by atoms with Crippen LogP contribution < -0.4 is 10.5 Å². The van der Waals surface area contributed by atoms with Gasteiger partial charge in [-0.2, -0.15) is 13.2 Å². The minimum absolute atomic E-state index is 0.389. The van der Waals surface area contributed by atoms with Gasteiger partial charge in [-0.25, -0.2) is 4.98 Å². The first kappa shape index (κ1) is 9.63. The van der Waals surface area contributed by atoms with Crippen LogP contribution >= 0.6 is 0 Å². The molecule has 0 aliphatic rings. The van der Waals surface area contributed by atoms with E-state index in [-0.39, 0.29) is 5.69 Å². The predicted molar refractivity (Wildman–Crippen MR) is 40.2 cm³/mol. The summed E-state index contributed by atoms with van der Waals surface area (Å²) < 4.78 is 41.3. The summed E-state index contributed by atoms with van der Waals surface area (Å²) >= 11 is 0.